The number of likely N-dealkylation sites (tertiary alicyclic amines) is 1. The van der Waals surface area contributed by atoms with E-state index in [1.165, 1.54) is 32.7 Å². The van der Waals surface area contributed by atoms with Crippen molar-refractivity contribution in [2.75, 3.05) is 25.9 Å². The van der Waals surface area contributed by atoms with E-state index in [0.29, 0.717) is 19.4 Å². The van der Waals surface area contributed by atoms with Gasteiger partial charge in [0.15, 0.2) is 0 Å². The molecule has 0 bridgehead atoms. The number of thioether (sulfide) groups is 1. The summed E-state index contributed by atoms with van der Waals surface area (Å²) in [6.45, 7) is 10.8. The Morgan fingerprint density at radius 3 is 2.09 bits per heavy atom. The van der Waals surface area contributed by atoms with Crippen LogP contribution in [0, 0.1) is 12.3 Å². The summed E-state index contributed by atoms with van der Waals surface area (Å²) >= 11 is 3.33. The van der Waals surface area contributed by atoms with Crippen LogP contribution in [0.25, 0.3) is 21.6 Å². The molecule has 12 heteroatoms. The van der Waals surface area contributed by atoms with E-state index in [1.54, 1.807) is 28.0 Å². The van der Waals surface area contributed by atoms with Crippen molar-refractivity contribution in [1.29, 1.82) is 0 Å². The highest BCUT2D eigenvalue weighted by atomic mass is 32.2. The second kappa shape index (κ2) is 24.5. The average Bonchev–Trinajstić information content (AvgIpc) is 3.95. The molecule has 10 nitrogen and oxygen atoms in total. The molecule has 1 aliphatic rings. The molecule has 4 aromatic carbocycles. The summed E-state index contributed by atoms with van der Waals surface area (Å²) in [6.07, 6.45) is 3.86. The van der Waals surface area contributed by atoms with Gasteiger partial charge in [-0.1, -0.05) is 138 Å². The molecule has 0 aliphatic carbocycles. The van der Waals surface area contributed by atoms with Gasteiger partial charge in [-0.25, -0.2) is 4.98 Å². The van der Waals surface area contributed by atoms with Crippen LogP contribution < -0.4 is 10.6 Å². The van der Waals surface area contributed by atoms with E-state index in [2.05, 4.69) is 107 Å². The molecule has 0 unspecified atom stereocenters. The predicted molar refractivity (Wildman–Crippen MR) is 273 cm³/mol. The first kappa shape index (κ1) is 50.8. The first-order valence-corrected chi connectivity index (χ1v) is 25.5. The topological polar surface area (TPSA) is 132 Å². The van der Waals surface area contributed by atoms with Gasteiger partial charge < -0.3 is 25.5 Å². The molecule has 1 aromatic heterocycles. The number of hydrogen-bond donors (Lipinski definition) is 3. The van der Waals surface area contributed by atoms with E-state index in [-0.39, 0.29) is 49.6 Å². The van der Waals surface area contributed by atoms with Crippen LogP contribution in [0.5, 0.6) is 0 Å². The third-order valence-corrected chi connectivity index (χ3v) is 14.3. The second-order valence-electron chi connectivity index (χ2n) is 18.5. The van der Waals surface area contributed by atoms with Crippen LogP contribution in [0.1, 0.15) is 107 Å². The minimum absolute atomic E-state index is 0.0207. The molecule has 1 fully saturated rings. The van der Waals surface area contributed by atoms with Crippen LogP contribution in [0.3, 0.4) is 0 Å². The van der Waals surface area contributed by atoms with Crippen LogP contribution in [0.4, 0.5) is 0 Å². The Labute approximate surface area is 405 Å². The number of aliphatic hydroxyl groups is 1. The van der Waals surface area contributed by atoms with E-state index >= 15 is 0 Å². The van der Waals surface area contributed by atoms with E-state index in [4.69, 9.17) is 0 Å². The smallest absolute Gasteiger partial charge is 0.246 e. The number of benzene rings is 4. The van der Waals surface area contributed by atoms with Gasteiger partial charge in [0.25, 0.3) is 0 Å². The SMILES string of the molecule is CC/C(=C(\c1ccccc1)c1ccc(SCCN(C)C(=O)CCCCCCC(=O)N[C@H](C(=O)N2C[C@H](O)C[C@H]2C(=O)NCc2ccc(-c3scnc3C)cc2)C(C)(C)C)cc1)c1ccccc1. The lowest BCUT2D eigenvalue weighted by Crippen LogP contribution is -2.57. The molecule has 1 saturated heterocycles. The Kier molecular flexibility index (Phi) is 18.6. The van der Waals surface area contributed by atoms with Crippen molar-refractivity contribution in [2.24, 2.45) is 5.41 Å². The highest BCUT2D eigenvalue weighted by Gasteiger charge is 2.44. The Morgan fingerprint density at radius 1 is 0.851 bits per heavy atom. The van der Waals surface area contributed by atoms with Gasteiger partial charge in [-0.3, -0.25) is 19.2 Å². The van der Waals surface area contributed by atoms with E-state index < -0.39 is 23.6 Å². The van der Waals surface area contributed by atoms with Crippen molar-refractivity contribution in [1.82, 2.24) is 25.4 Å². The molecule has 0 spiro atoms. The molecule has 0 radical (unpaired) electrons. The minimum Gasteiger partial charge on any atom is -0.391 e. The molecule has 4 amide bonds. The molecule has 2 heterocycles. The van der Waals surface area contributed by atoms with Crippen molar-refractivity contribution in [2.45, 2.75) is 116 Å². The van der Waals surface area contributed by atoms with Crippen molar-refractivity contribution in [3.63, 3.8) is 0 Å². The summed E-state index contributed by atoms with van der Waals surface area (Å²) in [4.78, 5) is 63.5. The number of aliphatic hydroxyl groups excluding tert-OH is 1. The van der Waals surface area contributed by atoms with E-state index in [1.807, 2.05) is 64.5 Å². The van der Waals surface area contributed by atoms with Gasteiger partial charge in [-0.15, -0.1) is 23.1 Å². The number of aryl methyl sites for hydroxylation is 1. The maximum atomic E-state index is 14.0. The number of carbonyl (C=O) groups excluding carboxylic acids is 4. The number of amides is 4. The summed E-state index contributed by atoms with van der Waals surface area (Å²) < 4.78 is 0. The first-order chi connectivity index (χ1) is 32.2. The lowest BCUT2D eigenvalue weighted by Gasteiger charge is -2.35. The number of β-amino-alcohol motifs (C(OH)–C–C–N with tert-alkyl or cyclic N) is 1. The van der Waals surface area contributed by atoms with E-state index in [0.717, 1.165) is 58.0 Å². The van der Waals surface area contributed by atoms with Gasteiger partial charge in [-0.2, -0.15) is 0 Å². The monoisotopic (exact) mass is 941 g/mol. The highest BCUT2D eigenvalue weighted by molar-refractivity contribution is 7.99. The number of hydrogen-bond acceptors (Lipinski definition) is 8. The number of nitrogens with one attached hydrogen (secondary N) is 2. The van der Waals surface area contributed by atoms with Crippen molar-refractivity contribution < 1.29 is 24.3 Å². The summed E-state index contributed by atoms with van der Waals surface area (Å²) in [6, 6.07) is 36.1. The van der Waals surface area contributed by atoms with Gasteiger partial charge >= 0.3 is 0 Å². The number of nitrogens with zero attached hydrogens (tertiary/aromatic N) is 3. The molecule has 5 aromatic rings. The van der Waals surface area contributed by atoms with Crippen molar-refractivity contribution in [3.05, 3.63) is 143 Å². The third kappa shape index (κ3) is 14.2. The van der Waals surface area contributed by atoms with Crippen LogP contribution in [0.15, 0.2) is 120 Å². The molecule has 354 valence electrons. The Hall–Kier alpha value is -5.56. The maximum Gasteiger partial charge on any atom is 0.246 e. The number of thiazole rings is 1. The van der Waals surface area contributed by atoms with Gasteiger partial charge in [0.1, 0.15) is 12.1 Å². The molecular weight excluding hydrogens is 875 g/mol. The summed E-state index contributed by atoms with van der Waals surface area (Å²) in [5, 5.41) is 16.5. The number of carbonyl (C=O) groups is 4. The standard InChI is InChI=1S/C55H67N5O5S2/c1-7-46(40-18-12-10-13-19-40)50(41-20-14-11-15-21-41)42-28-30-45(31-29-42)66-33-32-59(6)49(63)23-17-9-8-16-22-48(62)58-52(55(3,4)5)54(65)60-36-44(61)34-47(60)53(64)56-35-39-24-26-43(27-25-39)51-38(2)57-37-67-51/h10-15,18-21,24-31,37,44,47,52,61H,7-9,16-17,22-23,32-36H2,1-6H3,(H,56,64)(H,58,62)/b50-46-/t44-,47+,52-/m1/s1. The molecule has 6 rings (SSSR count). The summed E-state index contributed by atoms with van der Waals surface area (Å²) in [5.41, 5.74) is 10.3. The zero-order chi connectivity index (χ0) is 47.9. The maximum absolute atomic E-state index is 14.0. The Morgan fingerprint density at radius 2 is 1.48 bits per heavy atom. The Balaban J connectivity index is 0.900. The fraction of sp³-hybridized carbons (Fsp3) is 0.400. The highest BCUT2D eigenvalue weighted by Crippen LogP contribution is 2.35. The molecule has 3 N–H and O–H groups in total. The molecular formula is C55H67N5O5S2. The average molecular weight is 942 g/mol. The number of rotatable bonds is 21. The van der Waals surface area contributed by atoms with Crippen LogP contribution in [-0.4, -0.2) is 87.6 Å². The molecule has 1 aliphatic heterocycles. The third-order valence-electron chi connectivity index (χ3n) is 12.4. The zero-order valence-corrected chi connectivity index (χ0v) is 41.6. The lowest BCUT2D eigenvalue weighted by molar-refractivity contribution is -0.144. The summed E-state index contributed by atoms with van der Waals surface area (Å²) in [7, 11) is 1.86. The number of allylic oxidation sites excluding steroid dienone is 1. The molecule has 0 saturated carbocycles. The van der Waals surface area contributed by atoms with Gasteiger partial charge in [0, 0.05) is 56.6 Å². The normalized spacial score (nSPS) is 15.7. The Bertz CT molecular complexity index is 2430. The molecule has 67 heavy (non-hydrogen) atoms. The fourth-order valence-corrected chi connectivity index (χ4v) is 10.3. The first-order valence-electron chi connectivity index (χ1n) is 23.6. The zero-order valence-electron chi connectivity index (χ0n) is 39.9. The van der Waals surface area contributed by atoms with Crippen molar-refractivity contribution >= 4 is 57.9 Å². The lowest BCUT2D eigenvalue weighted by atomic mass is 9.85. The van der Waals surface area contributed by atoms with Crippen LogP contribution in [-0.2, 0) is 25.7 Å². The predicted octanol–water partition coefficient (Wildman–Crippen LogP) is 10.2. The minimum atomic E-state index is -0.877. The van der Waals surface area contributed by atoms with Crippen LogP contribution in [0.2, 0.25) is 0 Å². The van der Waals surface area contributed by atoms with Gasteiger partial charge in [0.05, 0.1) is 22.2 Å². The van der Waals surface area contributed by atoms with Gasteiger partial charge in [-0.05, 0) is 82.7 Å². The van der Waals surface area contributed by atoms with Gasteiger partial charge in [0.2, 0.25) is 23.6 Å². The second-order valence-corrected chi connectivity index (χ2v) is 20.5. The van der Waals surface area contributed by atoms with Crippen LogP contribution >= 0.6 is 23.1 Å². The fourth-order valence-electron chi connectivity index (χ4n) is 8.55. The summed E-state index contributed by atoms with van der Waals surface area (Å²) in [5.74, 6) is -0.0549. The number of aromatic nitrogens is 1. The quantitative estimate of drug-likeness (QED) is 0.0379. The van der Waals surface area contributed by atoms with Crippen molar-refractivity contribution in [3.8, 4) is 10.4 Å². The van der Waals surface area contributed by atoms with E-state index in [9.17, 15) is 24.3 Å². The number of unbranched alkanes of at least 4 members (excludes halogenated alkanes) is 3. The largest absolute Gasteiger partial charge is 0.391 e. The molecule has 3 atom stereocenters.